The quantitative estimate of drug-likeness (QED) is 0.607. The van der Waals surface area contributed by atoms with Crippen LogP contribution >= 0.6 is 23.1 Å². The number of nitrogens with zero attached hydrogens (tertiary/aromatic N) is 2. The molecule has 2 bridgehead atoms. The van der Waals surface area contributed by atoms with Gasteiger partial charge < -0.3 is 10.1 Å². The monoisotopic (exact) mass is 499 g/mol. The molecule has 178 valence electrons. The van der Waals surface area contributed by atoms with Crippen molar-refractivity contribution in [1.29, 1.82) is 0 Å². The van der Waals surface area contributed by atoms with Crippen molar-refractivity contribution in [3.8, 4) is 0 Å². The number of thioether (sulfide) groups is 1. The molecule has 8 atom stereocenters. The second kappa shape index (κ2) is 7.78. The molecule has 0 radical (unpaired) electrons. The van der Waals surface area contributed by atoms with Gasteiger partial charge in [0, 0.05) is 28.4 Å². The van der Waals surface area contributed by atoms with Crippen molar-refractivity contribution >= 4 is 40.9 Å². The van der Waals surface area contributed by atoms with E-state index in [1.165, 1.54) is 11.3 Å². The molecule has 2 saturated carbocycles. The van der Waals surface area contributed by atoms with Gasteiger partial charge in [-0.3, -0.25) is 24.3 Å². The van der Waals surface area contributed by atoms with Crippen LogP contribution in [0.15, 0.2) is 34.3 Å². The van der Waals surface area contributed by atoms with Crippen molar-refractivity contribution < 1.29 is 19.5 Å². The van der Waals surface area contributed by atoms with E-state index in [0.29, 0.717) is 0 Å². The van der Waals surface area contributed by atoms with Crippen LogP contribution in [0.25, 0.3) is 0 Å². The zero-order chi connectivity index (χ0) is 23.9. The first kappa shape index (κ1) is 22.0. The Morgan fingerprint density at radius 2 is 1.97 bits per heavy atom. The minimum absolute atomic E-state index is 0.0179. The number of nitrogens with one attached hydrogen (secondary N) is 1. The molecule has 2 aliphatic heterocycles. The van der Waals surface area contributed by atoms with Crippen molar-refractivity contribution in [1.82, 2.24) is 14.9 Å². The summed E-state index contributed by atoms with van der Waals surface area (Å²) in [6.07, 6.45) is 4.57. The van der Waals surface area contributed by atoms with E-state index in [0.717, 1.165) is 26.8 Å². The summed E-state index contributed by atoms with van der Waals surface area (Å²) in [6.45, 7) is 3.79. The fourth-order valence-corrected chi connectivity index (χ4v) is 9.93. The van der Waals surface area contributed by atoms with E-state index in [2.05, 4.69) is 9.97 Å². The number of amides is 2. The molecule has 1 saturated heterocycles. The molecule has 2 aliphatic carbocycles. The summed E-state index contributed by atoms with van der Waals surface area (Å²) in [5.41, 5.74) is 1.01. The van der Waals surface area contributed by atoms with Crippen LogP contribution in [0.4, 0.5) is 0 Å². The molecule has 2 aromatic heterocycles. The number of fused-ring (bicyclic) bond motifs is 9. The number of aromatic amines is 1. The first-order chi connectivity index (χ1) is 16.3. The lowest BCUT2D eigenvalue weighted by Gasteiger charge is -2.42. The Morgan fingerprint density at radius 3 is 2.62 bits per heavy atom. The lowest BCUT2D eigenvalue weighted by atomic mass is 9.68. The normalized spacial score (nSPS) is 34.3. The number of hydrogen-bond donors (Lipinski definition) is 2. The molecule has 2 N–H and O–H groups in total. The largest absolute Gasteiger partial charge is 0.480 e. The third-order valence-corrected chi connectivity index (χ3v) is 10.7. The lowest BCUT2D eigenvalue weighted by molar-refractivity contribution is -0.156. The maximum absolute atomic E-state index is 13.7. The zero-order valence-corrected chi connectivity index (χ0v) is 20.3. The van der Waals surface area contributed by atoms with Gasteiger partial charge in [-0.05, 0) is 48.1 Å². The second-order valence-electron chi connectivity index (χ2n) is 10.3. The zero-order valence-electron chi connectivity index (χ0n) is 18.7. The SMILES string of the molecule is CC(C)CC(C(=O)O)N1C(=O)C2C3CC(C2C1=O)C1C3Sc2[nH]c(=O)sc2[C@@H]1c1cccnc1. The molecule has 4 aliphatic rings. The number of hydrogen-bond acceptors (Lipinski definition) is 7. The van der Waals surface area contributed by atoms with Gasteiger partial charge in [0.25, 0.3) is 0 Å². The first-order valence-corrected chi connectivity index (χ1v) is 13.4. The van der Waals surface area contributed by atoms with Crippen LogP contribution in [0, 0.1) is 35.5 Å². The second-order valence-corrected chi connectivity index (χ2v) is 12.5. The van der Waals surface area contributed by atoms with Gasteiger partial charge in [-0.15, -0.1) is 11.8 Å². The van der Waals surface area contributed by atoms with Crippen molar-refractivity contribution in [2.45, 2.75) is 48.9 Å². The molecule has 3 fully saturated rings. The summed E-state index contributed by atoms with van der Waals surface area (Å²) < 4.78 is 0. The Labute approximate surface area is 204 Å². The van der Waals surface area contributed by atoms with Crippen LogP contribution in [0.5, 0.6) is 0 Å². The van der Waals surface area contributed by atoms with Gasteiger partial charge in [-0.25, -0.2) is 4.79 Å². The third kappa shape index (κ3) is 3.00. The number of pyridine rings is 1. The van der Waals surface area contributed by atoms with Gasteiger partial charge in [0.15, 0.2) is 0 Å². The van der Waals surface area contributed by atoms with Crippen molar-refractivity contribution in [2.75, 3.05) is 0 Å². The number of rotatable bonds is 5. The lowest BCUT2D eigenvalue weighted by Crippen LogP contribution is -2.47. The summed E-state index contributed by atoms with van der Waals surface area (Å²) in [4.78, 5) is 60.8. The summed E-state index contributed by atoms with van der Waals surface area (Å²) >= 11 is 2.84. The van der Waals surface area contributed by atoms with Gasteiger partial charge >= 0.3 is 10.8 Å². The highest BCUT2D eigenvalue weighted by Gasteiger charge is 2.70. The van der Waals surface area contributed by atoms with E-state index < -0.39 is 23.8 Å². The van der Waals surface area contributed by atoms with Crippen molar-refractivity contribution in [2.24, 2.45) is 35.5 Å². The number of H-pyrrole nitrogens is 1. The molecule has 8 nitrogen and oxygen atoms in total. The molecular formula is C24H25N3O5S2. The minimum Gasteiger partial charge on any atom is -0.480 e. The molecule has 10 heteroatoms. The van der Waals surface area contributed by atoms with Crippen LogP contribution < -0.4 is 4.87 Å². The highest BCUT2D eigenvalue weighted by atomic mass is 32.2. The van der Waals surface area contributed by atoms with Gasteiger partial charge in [0.05, 0.1) is 16.9 Å². The predicted molar refractivity (Wildman–Crippen MR) is 125 cm³/mol. The van der Waals surface area contributed by atoms with E-state index in [1.807, 2.05) is 32.2 Å². The smallest absolute Gasteiger partial charge is 0.326 e. The van der Waals surface area contributed by atoms with E-state index in [1.54, 1.807) is 18.0 Å². The van der Waals surface area contributed by atoms with Gasteiger partial charge in [-0.1, -0.05) is 31.3 Å². The van der Waals surface area contributed by atoms with Crippen molar-refractivity contribution in [3.05, 3.63) is 44.6 Å². The summed E-state index contributed by atoms with van der Waals surface area (Å²) in [6, 6.07) is 2.78. The number of carboxylic acids is 1. The molecule has 4 heterocycles. The first-order valence-electron chi connectivity index (χ1n) is 11.7. The Hall–Kier alpha value is -2.46. The number of carboxylic acid groups (broad SMARTS) is 1. The molecule has 2 aromatic rings. The Kier molecular flexibility index (Phi) is 5.04. The average molecular weight is 500 g/mol. The molecule has 34 heavy (non-hydrogen) atoms. The number of aliphatic carboxylic acids is 1. The fraction of sp³-hybridized carbons (Fsp3) is 0.542. The summed E-state index contributed by atoms with van der Waals surface area (Å²) in [5.74, 6) is -2.71. The molecular weight excluding hydrogens is 474 g/mol. The van der Waals surface area contributed by atoms with E-state index in [9.17, 15) is 24.3 Å². The number of aromatic nitrogens is 2. The van der Waals surface area contributed by atoms with Gasteiger partial charge in [0.1, 0.15) is 6.04 Å². The maximum Gasteiger partial charge on any atom is 0.326 e. The third-order valence-electron chi connectivity index (χ3n) is 8.09. The standard InChI is InChI=1S/C24H25N3O5S2/c1-9(2)6-13(23(30)31)27-21(28)16-11-7-12(17(16)22(27)29)18-15(11)14(10-4-3-5-25-8-10)19-20(33-18)26-24(32)34-19/h3-5,8-9,11-18H,6-7H2,1-2H3,(H,26,32)(H,30,31)/t11?,12?,13?,14-,15?,16?,17?,18?/m1/s1. The molecule has 7 unspecified atom stereocenters. The molecule has 0 aromatic carbocycles. The average Bonchev–Trinajstić information content (AvgIpc) is 3.51. The van der Waals surface area contributed by atoms with E-state index >= 15 is 0 Å². The van der Waals surface area contributed by atoms with E-state index in [4.69, 9.17) is 0 Å². The summed E-state index contributed by atoms with van der Waals surface area (Å²) in [5, 5.41) is 10.8. The van der Waals surface area contributed by atoms with Gasteiger partial charge in [-0.2, -0.15) is 0 Å². The highest BCUT2D eigenvalue weighted by molar-refractivity contribution is 8.00. The van der Waals surface area contributed by atoms with Crippen LogP contribution in [0.1, 0.15) is 43.0 Å². The molecule has 2 amide bonds. The van der Waals surface area contributed by atoms with Gasteiger partial charge in [0.2, 0.25) is 11.8 Å². The number of thiazole rings is 1. The topological polar surface area (TPSA) is 120 Å². The Bertz CT molecular complexity index is 1240. The maximum atomic E-state index is 13.7. The van der Waals surface area contributed by atoms with Crippen LogP contribution in [0.2, 0.25) is 0 Å². The fourth-order valence-electron chi connectivity index (χ4n) is 7.04. The molecule has 0 spiro atoms. The Morgan fingerprint density at radius 1 is 1.24 bits per heavy atom. The predicted octanol–water partition coefficient (Wildman–Crippen LogP) is 2.80. The highest BCUT2D eigenvalue weighted by Crippen LogP contribution is 2.68. The minimum atomic E-state index is -1.12. The Balaban J connectivity index is 1.42. The van der Waals surface area contributed by atoms with Crippen LogP contribution in [-0.2, 0) is 14.4 Å². The molecule has 6 rings (SSSR count). The van der Waals surface area contributed by atoms with E-state index in [-0.39, 0.29) is 57.9 Å². The summed E-state index contributed by atoms with van der Waals surface area (Å²) in [7, 11) is 0. The number of imide groups is 1. The van der Waals surface area contributed by atoms with Crippen LogP contribution in [0.3, 0.4) is 0 Å². The number of carbonyl (C=O) groups excluding carboxylic acids is 2. The number of carbonyl (C=O) groups is 3. The van der Waals surface area contributed by atoms with Crippen molar-refractivity contribution in [3.63, 3.8) is 0 Å². The van der Waals surface area contributed by atoms with Crippen LogP contribution in [-0.4, -0.2) is 49.0 Å². The number of likely N-dealkylation sites (tertiary alicyclic amines) is 1.